The van der Waals surface area contributed by atoms with Crippen molar-refractivity contribution >= 4 is 19.1 Å². The Morgan fingerprint density at radius 3 is 2.26 bits per heavy atom. The van der Waals surface area contributed by atoms with Crippen LogP contribution in [-0.2, 0) is 14.1 Å². The van der Waals surface area contributed by atoms with E-state index in [1.807, 2.05) is 47.6 Å². The van der Waals surface area contributed by atoms with Gasteiger partial charge < -0.3 is 14.6 Å². The molecule has 2 heterocycles. The summed E-state index contributed by atoms with van der Waals surface area (Å²) in [5, 5.41) is 10.0. The fraction of sp³-hybridized carbons (Fsp3) is 0.625. The van der Waals surface area contributed by atoms with E-state index >= 15 is 0 Å². The van der Waals surface area contributed by atoms with E-state index in [0.29, 0.717) is 6.54 Å². The highest BCUT2D eigenvalue weighted by atomic mass is 16.7. The van der Waals surface area contributed by atoms with Gasteiger partial charge in [-0.1, -0.05) is 6.08 Å². The Bertz CT molecular complexity index is 599. The predicted molar refractivity (Wildman–Crippen MR) is 90.8 cm³/mol. The second-order valence-corrected chi connectivity index (χ2v) is 7.06. The summed E-state index contributed by atoms with van der Waals surface area (Å²) in [5.41, 5.74) is 2.89. The molecule has 0 atom stereocenters. The Labute approximate surface area is 138 Å². The van der Waals surface area contributed by atoms with E-state index in [1.165, 1.54) is 6.92 Å². The van der Waals surface area contributed by atoms with E-state index in [9.17, 15) is 4.79 Å². The Balaban J connectivity index is 2.34. The molecule has 7 heteroatoms. The molecular weight excluding hydrogens is 293 g/mol. The molecule has 1 aromatic heterocycles. The van der Waals surface area contributed by atoms with Crippen molar-refractivity contribution in [1.82, 2.24) is 15.5 Å². The van der Waals surface area contributed by atoms with E-state index in [1.54, 1.807) is 0 Å². The lowest BCUT2D eigenvalue weighted by Crippen LogP contribution is -2.41. The molecule has 6 nitrogen and oxygen atoms in total. The molecule has 126 valence electrons. The maximum Gasteiger partial charge on any atom is 0.492 e. The van der Waals surface area contributed by atoms with Gasteiger partial charge in [-0.05, 0) is 47.0 Å². The smallest absolute Gasteiger partial charge is 0.400 e. The number of carbonyl (C=O) groups is 1. The molecular formula is C16H26BN3O3. The van der Waals surface area contributed by atoms with Gasteiger partial charge in [-0.25, -0.2) is 0 Å². The molecule has 0 aliphatic carbocycles. The number of amides is 1. The molecule has 23 heavy (non-hydrogen) atoms. The zero-order valence-electron chi connectivity index (χ0n) is 15.0. The summed E-state index contributed by atoms with van der Waals surface area (Å²) in [6, 6.07) is 0. The highest BCUT2D eigenvalue weighted by Crippen LogP contribution is 2.38. The lowest BCUT2D eigenvalue weighted by molar-refractivity contribution is -0.118. The maximum absolute atomic E-state index is 11.3. The van der Waals surface area contributed by atoms with Crippen molar-refractivity contribution in [2.24, 2.45) is 0 Å². The minimum Gasteiger partial charge on any atom is -0.400 e. The number of H-pyrrole nitrogens is 1. The van der Waals surface area contributed by atoms with Crippen LogP contribution in [0.25, 0.3) is 6.08 Å². The standard InChI is InChI=1S/C16H26BN3O3/c1-10-14(11(2)20-19-10)8-13(9-18-12(3)21)17-22-15(4,5)16(6,7)23-17/h8H,9H2,1-7H3,(H,18,21)(H,19,20). The Morgan fingerprint density at radius 2 is 1.83 bits per heavy atom. The van der Waals surface area contributed by atoms with E-state index in [0.717, 1.165) is 22.4 Å². The summed E-state index contributed by atoms with van der Waals surface area (Å²) in [7, 11) is -0.499. The van der Waals surface area contributed by atoms with E-state index in [2.05, 4.69) is 15.5 Å². The van der Waals surface area contributed by atoms with Gasteiger partial charge in [0.25, 0.3) is 0 Å². The van der Waals surface area contributed by atoms with Crippen LogP contribution in [0.4, 0.5) is 0 Å². The second-order valence-electron chi connectivity index (χ2n) is 7.06. The molecule has 1 aliphatic heterocycles. The summed E-state index contributed by atoms with van der Waals surface area (Å²) in [6.45, 7) is 13.8. The first-order valence-corrected chi connectivity index (χ1v) is 7.85. The van der Waals surface area contributed by atoms with E-state index in [4.69, 9.17) is 9.31 Å². The summed E-state index contributed by atoms with van der Waals surface area (Å²) in [5.74, 6) is -0.0898. The summed E-state index contributed by atoms with van der Waals surface area (Å²) in [4.78, 5) is 11.3. The van der Waals surface area contributed by atoms with Crippen molar-refractivity contribution in [2.75, 3.05) is 6.54 Å². The molecule has 1 fully saturated rings. The van der Waals surface area contributed by atoms with Gasteiger partial charge in [0.2, 0.25) is 5.91 Å². The first kappa shape index (κ1) is 17.8. The van der Waals surface area contributed by atoms with Crippen LogP contribution in [-0.4, -0.2) is 41.0 Å². The topological polar surface area (TPSA) is 76.2 Å². The van der Waals surface area contributed by atoms with Gasteiger partial charge in [-0.2, -0.15) is 5.10 Å². The first-order chi connectivity index (χ1) is 10.5. The Hall–Kier alpha value is -1.60. The molecule has 1 aromatic rings. The normalized spacial score (nSPS) is 20.0. The molecule has 1 saturated heterocycles. The SMILES string of the molecule is CC(=O)NCC(=Cc1c(C)n[nH]c1C)B1OC(C)(C)C(C)(C)O1. The molecule has 0 bridgehead atoms. The molecule has 2 rings (SSSR count). The molecule has 1 aliphatic rings. The van der Waals surface area contributed by atoms with Gasteiger partial charge >= 0.3 is 7.12 Å². The van der Waals surface area contributed by atoms with Crippen LogP contribution < -0.4 is 5.32 Å². The molecule has 0 spiro atoms. The minimum absolute atomic E-state index is 0.0898. The molecule has 0 radical (unpaired) electrons. The van der Waals surface area contributed by atoms with Crippen molar-refractivity contribution in [3.05, 3.63) is 22.4 Å². The van der Waals surface area contributed by atoms with Crippen molar-refractivity contribution in [1.29, 1.82) is 0 Å². The third-order valence-electron chi connectivity index (χ3n) is 4.61. The third kappa shape index (κ3) is 3.67. The van der Waals surface area contributed by atoms with E-state index in [-0.39, 0.29) is 5.91 Å². The summed E-state index contributed by atoms with van der Waals surface area (Å²) < 4.78 is 12.2. The number of hydrogen-bond acceptors (Lipinski definition) is 4. The lowest BCUT2D eigenvalue weighted by atomic mass is 9.76. The average Bonchev–Trinajstić information content (AvgIpc) is 2.83. The third-order valence-corrected chi connectivity index (χ3v) is 4.61. The largest absolute Gasteiger partial charge is 0.492 e. The van der Waals surface area contributed by atoms with Gasteiger partial charge in [0, 0.05) is 24.7 Å². The van der Waals surface area contributed by atoms with Gasteiger partial charge in [0.1, 0.15) is 0 Å². The number of carbonyl (C=O) groups excluding carboxylic acids is 1. The molecule has 0 unspecified atom stereocenters. The fourth-order valence-corrected chi connectivity index (χ4v) is 2.38. The quantitative estimate of drug-likeness (QED) is 0.834. The van der Waals surface area contributed by atoms with Crippen LogP contribution in [0, 0.1) is 13.8 Å². The zero-order chi connectivity index (χ0) is 17.4. The summed E-state index contributed by atoms with van der Waals surface area (Å²) in [6.07, 6.45) is 1.99. The predicted octanol–water partition coefficient (Wildman–Crippen LogP) is 2.18. The molecule has 1 amide bonds. The maximum atomic E-state index is 11.3. The van der Waals surface area contributed by atoms with Crippen LogP contribution in [0.1, 0.15) is 51.6 Å². The Kier molecular flexibility index (Phi) is 4.73. The van der Waals surface area contributed by atoms with Gasteiger partial charge in [-0.15, -0.1) is 0 Å². The van der Waals surface area contributed by atoms with Crippen LogP contribution in [0.2, 0.25) is 0 Å². The van der Waals surface area contributed by atoms with E-state index < -0.39 is 18.3 Å². The number of aromatic nitrogens is 2. The number of nitrogens with one attached hydrogen (secondary N) is 2. The highest BCUT2D eigenvalue weighted by Gasteiger charge is 2.52. The monoisotopic (exact) mass is 319 g/mol. The summed E-state index contributed by atoms with van der Waals surface area (Å²) >= 11 is 0. The second kappa shape index (κ2) is 6.13. The van der Waals surface area contributed by atoms with Gasteiger partial charge in [-0.3, -0.25) is 9.89 Å². The van der Waals surface area contributed by atoms with Crippen LogP contribution in [0.3, 0.4) is 0 Å². The lowest BCUT2D eigenvalue weighted by Gasteiger charge is -2.32. The Morgan fingerprint density at radius 1 is 1.26 bits per heavy atom. The average molecular weight is 319 g/mol. The number of hydrogen-bond donors (Lipinski definition) is 2. The molecule has 2 N–H and O–H groups in total. The number of rotatable bonds is 4. The van der Waals surface area contributed by atoms with Crippen molar-refractivity contribution in [2.45, 2.75) is 59.7 Å². The number of nitrogens with zero attached hydrogens (tertiary/aromatic N) is 1. The van der Waals surface area contributed by atoms with Crippen molar-refractivity contribution in [3.8, 4) is 0 Å². The number of aromatic amines is 1. The number of aryl methyl sites for hydroxylation is 2. The van der Waals surface area contributed by atoms with Crippen LogP contribution in [0.15, 0.2) is 5.47 Å². The first-order valence-electron chi connectivity index (χ1n) is 7.85. The fourth-order valence-electron chi connectivity index (χ4n) is 2.38. The van der Waals surface area contributed by atoms with Crippen LogP contribution >= 0.6 is 0 Å². The van der Waals surface area contributed by atoms with Gasteiger partial charge in [0.05, 0.1) is 16.9 Å². The molecule has 0 saturated carbocycles. The van der Waals surface area contributed by atoms with Crippen molar-refractivity contribution in [3.63, 3.8) is 0 Å². The van der Waals surface area contributed by atoms with Gasteiger partial charge in [0.15, 0.2) is 0 Å². The van der Waals surface area contributed by atoms with Crippen LogP contribution in [0.5, 0.6) is 0 Å². The minimum atomic E-state index is -0.499. The highest BCUT2D eigenvalue weighted by molar-refractivity contribution is 6.56. The molecule has 0 aromatic carbocycles. The van der Waals surface area contributed by atoms with Crippen molar-refractivity contribution < 1.29 is 14.1 Å². The zero-order valence-corrected chi connectivity index (χ0v) is 15.0.